The monoisotopic (exact) mass is 609 g/mol. The molecule has 1 aliphatic rings. The summed E-state index contributed by atoms with van der Waals surface area (Å²) in [6.07, 6.45) is 5.87. The lowest BCUT2D eigenvalue weighted by atomic mass is 9.97. The van der Waals surface area contributed by atoms with Crippen LogP contribution in [-0.2, 0) is 14.6 Å². The Labute approximate surface area is 251 Å². The molecule has 1 saturated heterocycles. The van der Waals surface area contributed by atoms with Crippen molar-refractivity contribution in [3.63, 3.8) is 0 Å². The zero-order valence-electron chi connectivity index (χ0n) is 24.1. The van der Waals surface area contributed by atoms with Gasteiger partial charge in [0.05, 0.1) is 28.3 Å². The maximum Gasteiger partial charge on any atom is 0.243 e. The predicted octanol–water partition coefficient (Wildman–Crippen LogP) is 4.59. The molecule has 2 aromatic carbocycles. The summed E-state index contributed by atoms with van der Waals surface area (Å²) in [7, 11) is -3.43. The minimum atomic E-state index is -3.43. The number of piperidine rings is 1. The number of nitrogens with one attached hydrogen (secondary N) is 1. The molecule has 3 aromatic rings. The maximum absolute atomic E-state index is 14.9. The highest BCUT2D eigenvalue weighted by atomic mass is 32.2. The van der Waals surface area contributed by atoms with Gasteiger partial charge in [0.25, 0.3) is 0 Å². The molecular formula is C31H36FN5O5S. The van der Waals surface area contributed by atoms with Gasteiger partial charge >= 0.3 is 0 Å². The van der Waals surface area contributed by atoms with Crippen molar-refractivity contribution >= 4 is 21.6 Å². The van der Waals surface area contributed by atoms with Crippen molar-refractivity contribution in [2.45, 2.75) is 55.9 Å². The molecule has 4 rings (SSSR count). The number of nitrogens with zero attached hydrogens (tertiary/aromatic N) is 3. The van der Waals surface area contributed by atoms with Crippen LogP contribution < -0.4 is 20.9 Å². The first-order chi connectivity index (χ1) is 20.6. The van der Waals surface area contributed by atoms with E-state index in [0.717, 1.165) is 31.9 Å². The molecule has 1 aromatic heterocycles. The summed E-state index contributed by atoms with van der Waals surface area (Å²) in [6, 6.07) is 14.5. The number of nitriles is 1. The molecule has 1 aliphatic heterocycles. The Bertz CT molecular complexity index is 1580. The first-order valence-corrected chi connectivity index (χ1v) is 16.1. The van der Waals surface area contributed by atoms with Crippen molar-refractivity contribution in [1.29, 1.82) is 5.26 Å². The molecule has 0 aliphatic carbocycles. The number of benzene rings is 2. The molecular weight excluding hydrogens is 573 g/mol. The average Bonchev–Trinajstić information content (AvgIpc) is 3.00. The number of ether oxygens (including phenoxy) is 1. The summed E-state index contributed by atoms with van der Waals surface area (Å²) in [5, 5.41) is 17.9. The summed E-state index contributed by atoms with van der Waals surface area (Å²) >= 11 is 0. The number of nitrogens with two attached hydrogens (primary N) is 1. The van der Waals surface area contributed by atoms with E-state index in [-0.39, 0.29) is 22.9 Å². The molecule has 2 heterocycles. The molecule has 43 heavy (non-hydrogen) atoms. The Balaban J connectivity index is 1.75. The number of carbonyl (C=O) groups is 1. The van der Waals surface area contributed by atoms with Gasteiger partial charge in [0.15, 0.2) is 9.84 Å². The van der Waals surface area contributed by atoms with Crippen LogP contribution in [0, 0.1) is 17.1 Å². The number of halogens is 1. The lowest BCUT2D eigenvalue weighted by molar-refractivity contribution is -0.129. The van der Waals surface area contributed by atoms with E-state index in [4.69, 9.17) is 20.7 Å². The number of hydroxylamine groups is 1. The molecule has 10 nitrogen and oxygen atoms in total. The minimum Gasteiger partial charge on any atom is -0.493 e. The third-order valence-corrected chi connectivity index (χ3v) is 8.58. The number of hydrogen-bond acceptors (Lipinski definition) is 9. The number of sulfone groups is 1. The van der Waals surface area contributed by atoms with Gasteiger partial charge in [-0.25, -0.2) is 23.3 Å². The number of rotatable bonds is 12. The van der Waals surface area contributed by atoms with Crippen LogP contribution in [0.5, 0.6) is 5.75 Å². The van der Waals surface area contributed by atoms with Gasteiger partial charge in [-0.15, -0.1) is 0 Å². The number of pyridine rings is 1. The summed E-state index contributed by atoms with van der Waals surface area (Å²) in [6.45, 7) is 1.74. The number of anilines is 1. The highest BCUT2D eigenvalue weighted by Crippen LogP contribution is 2.41. The van der Waals surface area contributed by atoms with E-state index >= 15 is 0 Å². The molecule has 1 fully saturated rings. The smallest absolute Gasteiger partial charge is 0.243 e. The second kappa shape index (κ2) is 14.4. The van der Waals surface area contributed by atoms with Gasteiger partial charge in [0.1, 0.15) is 23.5 Å². The molecule has 0 unspecified atom stereocenters. The third-order valence-electron chi connectivity index (χ3n) is 7.45. The molecule has 0 saturated carbocycles. The predicted molar refractivity (Wildman–Crippen MR) is 161 cm³/mol. The fraction of sp³-hybridized carbons (Fsp3) is 0.387. The Morgan fingerprint density at radius 2 is 1.79 bits per heavy atom. The van der Waals surface area contributed by atoms with Gasteiger partial charge in [-0.05, 0) is 55.5 Å². The van der Waals surface area contributed by atoms with E-state index in [0.29, 0.717) is 66.5 Å². The highest BCUT2D eigenvalue weighted by molar-refractivity contribution is 7.90. The maximum atomic E-state index is 14.9. The van der Waals surface area contributed by atoms with Crippen molar-refractivity contribution in [1.82, 2.24) is 10.5 Å². The van der Waals surface area contributed by atoms with Crippen LogP contribution in [0.4, 0.5) is 10.2 Å². The zero-order valence-corrected chi connectivity index (χ0v) is 24.9. The number of carbonyl (C=O) groups excluding carboxylic acids is 1. The van der Waals surface area contributed by atoms with Crippen LogP contribution in [0.25, 0.3) is 22.4 Å². The van der Waals surface area contributed by atoms with Gasteiger partial charge in [0, 0.05) is 43.4 Å². The SMILES string of the molecule is CS(=O)(=O)c1ccc(-c2c(OCCCCCCC(=O)NO)cc(N3CCC(N)CC3)nc2-c2ccc(C#N)c(F)c2)cc1. The van der Waals surface area contributed by atoms with Gasteiger partial charge < -0.3 is 15.4 Å². The van der Waals surface area contributed by atoms with Gasteiger partial charge in [-0.1, -0.05) is 31.0 Å². The van der Waals surface area contributed by atoms with Gasteiger partial charge in [-0.3, -0.25) is 10.0 Å². The fourth-order valence-electron chi connectivity index (χ4n) is 5.00. The van der Waals surface area contributed by atoms with Crippen LogP contribution in [0.3, 0.4) is 0 Å². The van der Waals surface area contributed by atoms with Gasteiger partial charge in [0.2, 0.25) is 5.91 Å². The average molecular weight is 610 g/mol. The molecule has 228 valence electrons. The summed E-state index contributed by atoms with van der Waals surface area (Å²) in [5.74, 6) is 0.0593. The lowest BCUT2D eigenvalue weighted by Crippen LogP contribution is -2.40. The lowest BCUT2D eigenvalue weighted by Gasteiger charge is -2.32. The van der Waals surface area contributed by atoms with E-state index in [1.807, 2.05) is 12.1 Å². The quantitative estimate of drug-likeness (QED) is 0.152. The molecule has 12 heteroatoms. The third kappa shape index (κ3) is 8.28. The van der Waals surface area contributed by atoms with Gasteiger partial charge in [-0.2, -0.15) is 5.26 Å². The molecule has 0 radical (unpaired) electrons. The normalized spacial score (nSPS) is 13.9. The number of unbranched alkanes of at least 4 members (excludes halogenated alkanes) is 3. The van der Waals surface area contributed by atoms with E-state index < -0.39 is 21.6 Å². The van der Waals surface area contributed by atoms with Crippen molar-refractivity contribution < 1.29 is 27.5 Å². The first kappa shape index (κ1) is 31.9. The number of aromatic nitrogens is 1. The highest BCUT2D eigenvalue weighted by Gasteiger charge is 2.24. The topological polar surface area (TPSA) is 159 Å². The minimum absolute atomic E-state index is 0.0862. The number of hydrogen-bond donors (Lipinski definition) is 3. The van der Waals surface area contributed by atoms with Crippen molar-refractivity contribution in [2.24, 2.45) is 5.73 Å². The van der Waals surface area contributed by atoms with Crippen LogP contribution in [-0.4, -0.2) is 56.5 Å². The van der Waals surface area contributed by atoms with Crippen LogP contribution in [0.1, 0.15) is 50.5 Å². The van der Waals surface area contributed by atoms with Crippen LogP contribution in [0.2, 0.25) is 0 Å². The first-order valence-electron chi connectivity index (χ1n) is 14.2. The van der Waals surface area contributed by atoms with Crippen molar-refractivity contribution in [3.8, 4) is 34.2 Å². The second-order valence-electron chi connectivity index (χ2n) is 10.7. The summed E-state index contributed by atoms with van der Waals surface area (Å²) < 4.78 is 45.5. The van der Waals surface area contributed by atoms with Crippen LogP contribution >= 0.6 is 0 Å². The van der Waals surface area contributed by atoms with Crippen molar-refractivity contribution in [3.05, 3.63) is 59.9 Å². The molecule has 4 N–H and O–H groups in total. The number of amides is 1. The largest absolute Gasteiger partial charge is 0.493 e. The second-order valence-corrected chi connectivity index (χ2v) is 12.7. The molecule has 1 amide bonds. The Morgan fingerprint density at radius 1 is 1.12 bits per heavy atom. The Hall–Kier alpha value is -4.05. The molecule has 0 spiro atoms. The molecule has 0 atom stereocenters. The fourth-order valence-corrected chi connectivity index (χ4v) is 5.63. The van der Waals surface area contributed by atoms with Crippen molar-refractivity contribution in [2.75, 3.05) is 30.9 Å². The summed E-state index contributed by atoms with van der Waals surface area (Å²) in [4.78, 5) is 18.5. The standard InChI is InChI=1S/C31H36FN5O5S/c1-43(40,41)25-11-9-21(10-12-25)30-27(42-17-5-3-2-4-6-29(38)36-39)19-28(37-15-13-24(34)14-16-37)35-31(30)22-7-8-23(20-33)26(32)18-22/h7-12,18-19,24,39H,2-6,13-17,34H2,1H3,(H,36,38). The van der Waals surface area contributed by atoms with E-state index in [1.54, 1.807) is 23.7 Å². The summed E-state index contributed by atoms with van der Waals surface area (Å²) in [5.41, 5.74) is 9.77. The van der Waals surface area contributed by atoms with Crippen LogP contribution in [0.15, 0.2) is 53.4 Å². The van der Waals surface area contributed by atoms with E-state index in [2.05, 4.69) is 4.90 Å². The molecule has 0 bridgehead atoms. The Kier molecular flexibility index (Phi) is 10.7. The zero-order chi connectivity index (χ0) is 31.0. The van der Waals surface area contributed by atoms with E-state index in [9.17, 15) is 22.9 Å². The van der Waals surface area contributed by atoms with E-state index in [1.165, 1.54) is 24.3 Å². The Morgan fingerprint density at radius 3 is 2.42 bits per heavy atom.